The summed E-state index contributed by atoms with van der Waals surface area (Å²) < 4.78 is 0. The average Bonchev–Trinajstić information content (AvgIpc) is 2.80. The number of likely N-dealkylation sites (tertiary alicyclic amines) is 2. The van der Waals surface area contributed by atoms with Crippen molar-refractivity contribution in [2.24, 2.45) is 5.92 Å². The molecule has 0 bridgehead atoms. The molecule has 0 N–H and O–H groups in total. The second-order valence-corrected chi connectivity index (χ2v) is 9.22. The van der Waals surface area contributed by atoms with Crippen molar-refractivity contribution in [3.8, 4) is 0 Å². The molecular formula is C24H36N4O2. The molecule has 2 amide bonds. The summed E-state index contributed by atoms with van der Waals surface area (Å²) in [5.41, 5.74) is 1.42. The molecule has 1 atom stereocenters. The number of hydrogen-bond acceptors (Lipinski definition) is 4. The number of likely N-dealkylation sites (N-methyl/N-ethyl adjacent to an activating group) is 1. The van der Waals surface area contributed by atoms with Gasteiger partial charge >= 0.3 is 0 Å². The summed E-state index contributed by atoms with van der Waals surface area (Å²) in [6.07, 6.45) is 5.57. The third-order valence-electron chi connectivity index (χ3n) is 7.20. The van der Waals surface area contributed by atoms with Crippen LogP contribution in [0.1, 0.15) is 31.2 Å². The first-order chi connectivity index (χ1) is 14.6. The first-order valence-electron chi connectivity index (χ1n) is 11.6. The SMILES string of the molecule is CN1CCN(C(=O)[C@@H]2CCCN(C3CCN(CCc4ccccc4)CC3)C2)CC1=O. The summed E-state index contributed by atoms with van der Waals surface area (Å²) in [5, 5.41) is 0. The van der Waals surface area contributed by atoms with Crippen LogP contribution in [-0.4, -0.2) is 96.9 Å². The fourth-order valence-corrected chi connectivity index (χ4v) is 5.18. The number of amides is 2. The Kier molecular flexibility index (Phi) is 7.05. The topological polar surface area (TPSA) is 47.1 Å². The Morgan fingerprint density at radius 3 is 2.50 bits per heavy atom. The van der Waals surface area contributed by atoms with E-state index in [1.807, 2.05) is 7.05 Å². The monoisotopic (exact) mass is 412 g/mol. The van der Waals surface area contributed by atoms with E-state index in [0.29, 0.717) is 19.1 Å². The second kappa shape index (κ2) is 9.92. The number of nitrogens with zero attached hydrogens (tertiary/aromatic N) is 4. The highest BCUT2D eigenvalue weighted by Crippen LogP contribution is 2.25. The van der Waals surface area contributed by atoms with Crippen molar-refractivity contribution in [3.63, 3.8) is 0 Å². The van der Waals surface area contributed by atoms with Gasteiger partial charge in [-0.1, -0.05) is 30.3 Å². The van der Waals surface area contributed by atoms with Crippen LogP contribution in [0.2, 0.25) is 0 Å². The zero-order valence-corrected chi connectivity index (χ0v) is 18.3. The largest absolute Gasteiger partial charge is 0.342 e. The van der Waals surface area contributed by atoms with Crippen LogP contribution in [0, 0.1) is 5.92 Å². The maximum Gasteiger partial charge on any atom is 0.241 e. The van der Waals surface area contributed by atoms with Crippen molar-refractivity contribution >= 4 is 11.8 Å². The lowest BCUT2D eigenvalue weighted by Gasteiger charge is -2.43. The minimum absolute atomic E-state index is 0.0603. The van der Waals surface area contributed by atoms with Gasteiger partial charge in [0.25, 0.3) is 0 Å². The minimum atomic E-state index is 0.0603. The van der Waals surface area contributed by atoms with Crippen molar-refractivity contribution < 1.29 is 9.59 Å². The van der Waals surface area contributed by atoms with E-state index in [9.17, 15) is 9.59 Å². The highest BCUT2D eigenvalue weighted by atomic mass is 16.2. The number of carbonyl (C=O) groups is 2. The quantitative estimate of drug-likeness (QED) is 0.739. The van der Waals surface area contributed by atoms with Gasteiger partial charge in [0.05, 0.1) is 12.5 Å². The zero-order valence-electron chi connectivity index (χ0n) is 18.3. The Hall–Kier alpha value is -1.92. The molecule has 3 aliphatic rings. The van der Waals surface area contributed by atoms with Gasteiger partial charge in [0, 0.05) is 39.3 Å². The highest BCUT2D eigenvalue weighted by Gasteiger charge is 2.35. The molecule has 3 saturated heterocycles. The molecule has 30 heavy (non-hydrogen) atoms. The summed E-state index contributed by atoms with van der Waals surface area (Å²) in [4.78, 5) is 33.7. The van der Waals surface area contributed by atoms with Crippen LogP contribution < -0.4 is 0 Å². The first kappa shape index (κ1) is 21.3. The summed E-state index contributed by atoms with van der Waals surface area (Å²) in [7, 11) is 1.82. The predicted octanol–water partition coefficient (Wildman–Crippen LogP) is 1.71. The van der Waals surface area contributed by atoms with Gasteiger partial charge in [0.2, 0.25) is 11.8 Å². The van der Waals surface area contributed by atoms with E-state index < -0.39 is 0 Å². The molecular weight excluding hydrogens is 376 g/mol. The summed E-state index contributed by atoms with van der Waals surface area (Å²) in [5.74, 6) is 0.317. The van der Waals surface area contributed by atoms with E-state index in [1.165, 1.54) is 18.4 Å². The van der Waals surface area contributed by atoms with Crippen LogP contribution in [0.4, 0.5) is 0 Å². The normalized spacial score (nSPS) is 25.0. The smallest absolute Gasteiger partial charge is 0.241 e. The van der Waals surface area contributed by atoms with Crippen molar-refractivity contribution in [2.75, 3.05) is 59.4 Å². The molecule has 4 rings (SSSR count). The van der Waals surface area contributed by atoms with Crippen LogP contribution in [0.15, 0.2) is 30.3 Å². The summed E-state index contributed by atoms with van der Waals surface area (Å²) >= 11 is 0. The molecule has 3 aliphatic heterocycles. The molecule has 0 unspecified atom stereocenters. The third kappa shape index (κ3) is 5.22. The Bertz CT molecular complexity index is 717. The molecule has 0 saturated carbocycles. The van der Waals surface area contributed by atoms with Crippen LogP contribution >= 0.6 is 0 Å². The number of carbonyl (C=O) groups excluding carboxylic acids is 2. The molecule has 3 fully saturated rings. The van der Waals surface area contributed by atoms with Gasteiger partial charge in [-0.2, -0.15) is 0 Å². The average molecular weight is 413 g/mol. The van der Waals surface area contributed by atoms with E-state index in [-0.39, 0.29) is 24.3 Å². The molecule has 0 spiro atoms. The van der Waals surface area contributed by atoms with E-state index in [1.54, 1.807) is 9.80 Å². The number of rotatable bonds is 5. The fourth-order valence-electron chi connectivity index (χ4n) is 5.18. The molecule has 6 heteroatoms. The lowest BCUT2D eigenvalue weighted by molar-refractivity contribution is -0.148. The molecule has 1 aromatic rings. The van der Waals surface area contributed by atoms with Crippen molar-refractivity contribution in [2.45, 2.75) is 38.1 Å². The Balaban J connectivity index is 1.23. The third-order valence-corrected chi connectivity index (χ3v) is 7.20. The Morgan fingerprint density at radius 2 is 1.77 bits per heavy atom. The molecule has 0 aromatic heterocycles. The van der Waals surface area contributed by atoms with Crippen molar-refractivity contribution in [1.29, 1.82) is 0 Å². The van der Waals surface area contributed by atoms with Gasteiger partial charge < -0.3 is 14.7 Å². The van der Waals surface area contributed by atoms with Gasteiger partial charge in [0.1, 0.15) is 0 Å². The second-order valence-electron chi connectivity index (χ2n) is 9.22. The van der Waals surface area contributed by atoms with E-state index in [0.717, 1.165) is 52.0 Å². The molecule has 3 heterocycles. The van der Waals surface area contributed by atoms with Crippen LogP contribution in [0.5, 0.6) is 0 Å². The van der Waals surface area contributed by atoms with E-state index >= 15 is 0 Å². The van der Waals surface area contributed by atoms with Gasteiger partial charge in [-0.25, -0.2) is 0 Å². The van der Waals surface area contributed by atoms with Crippen molar-refractivity contribution in [3.05, 3.63) is 35.9 Å². The van der Waals surface area contributed by atoms with Gasteiger partial charge in [-0.3, -0.25) is 14.5 Å². The van der Waals surface area contributed by atoms with Crippen LogP contribution in [-0.2, 0) is 16.0 Å². The van der Waals surface area contributed by atoms with E-state index in [2.05, 4.69) is 40.1 Å². The molecule has 0 radical (unpaired) electrons. The lowest BCUT2D eigenvalue weighted by Crippen LogP contribution is -2.55. The Labute approximate surface area is 180 Å². The number of piperazine rings is 1. The molecule has 6 nitrogen and oxygen atoms in total. The summed E-state index contributed by atoms with van der Waals surface area (Å²) in [6, 6.07) is 11.3. The van der Waals surface area contributed by atoms with Gasteiger partial charge in [-0.05, 0) is 57.3 Å². The van der Waals surface area contributed by atoms with Gasteiger partial charge in [0.15, 0.2) is 0 Å². The number of benzene rings is 1. The standard InChI is InChI=1S/C24H36N4O2/c1-25-16-17-28(19-23(25)29)24(30)21-8-5-12-27(18-21)22-10-14-26(15-11-22)13-9-20-6-3-2-4-7-20/h2-4,6-7,21-22H,5,8-19H2,1H3/t21-/m1/s1. The van der Waals surface area contributed by atoms with E-state index in [4.69, 9.17) is 0 Å². The lowest BCUT2D eigenvalue weighted by atomic mass is 9.92. The maximum absolute atomic E-state index is 13.0. The Morgan fingerprint density at radius 1 is 1.00 bits per heavy atom. The van der Waals surface area contributed by atoms with Crippen LogP contribution in [0.25, 0.3) is 0 Å². The predicted molar refractivity (Wildman–Crippen MR) is 118 cm³/mol. The number of piperidine rings is 2. The molecule has 1 aromatic carbocycles. The van der Waals surface area contributed by atoms with Gasteiger partial charge in [-0.15, -0.1) is 0 Å². The summed E-state index contributed by atoms with van der Waals surface area (Å²) in [6.45, 7) is 7.01. The van der Waals surface area contributed by atoms with Crippen molar-refractivity contribution in [1.82, 2.24) is 19.6 Å². The fraction of sp³-hybridized carbons (Fsp3) is 0.667. The maximum atomic E-state index is 13.0. The minimum Gasteiger partial charge on any atom is -0.342 e. The molecule has 0 aliphatic carbocycles. The molecule has 164 valence electrons. The number of hydrogen-bond donors (Lipinski definition) is 0. The first-order valence-corrected chi connectivity index (χ1v) is 11.6. The highest BCUT2D eigenvalue weighted by molar-refractivity contribution is 5.87. The van der Waals surface area contributed by atoms with Crippen LogP contribution in [0.3, 0.4) is 0 Å². The zero-order chi connectivity index (χ0) is 20.9.